The first-order chi connectivity index (χ1) is 9.79. The lowest BCUT2D eigenvalue weighted by molar-refractivity contribution is 0.0952. The first-order valence-electron chi connectivity index (χ1n) is 6.73. The number of carbonyl (C=O) groups is 1. The van der Waals surface area contributed by atoms with E-state index in [9.17, 15) is 4.79 Å². The van der Waals surface area contributed by atoms with E-state index in [0.29, 0.717) is 12.1 Å². The third kappa shape index (κ3) is 4.08. The predicted molar refractivity (Wildman–Crippen MR) is 77.6 cm³/mol. The van der Waals surface area contributed by atoms with Crippen molar-refractivity contribution in [3.63, 3.8) is 0 Å². The van der Waals surface area contributed by atoms with E-state index in [0.717, 1.165) is 25.3 Å². The lowest BCUT2D eigenvalue weighted by Gasteiger charge is -2.07. The molecule has 0 aliphatic rings. The van der Waals surface area contributed by atoms with Gasteiger partial charge in [-0.2, -0.15) is 0 Å². The number of aryl methyl sites for hydroxylation is 1. The Balaban J connectivity index is 1.78. The summed E-state index contributed by atoms with van der Waals surface area (Å²) in [6.07, 6.45) is 7.93. The smallest absolute Gasteiger partial charge is 0.251 e. The number of hydrogen-bond donors (Lipinski definition) is 2. The zero-order chi connectivity index (χ0) is 14.2. The normalized spacial score (nSPS) is 10.2. The van der Waals surface area contributed by atoms with Crippen LogP contribution in [0, 0.1) is 0 Å². The van der Waals surface area contributed by atoms with Crippen molar-refractivity contribution in [3.05, 3.63) is 42.6 Å². The molecule has 0 atom stereocenters. The summed E-state index contributed by atoms with van der Waals surface area (Å²) in [5, 5.41) is 5.99. The van der Waals surface area contributed by atoms with Gasteiger partial charge in [-0.3, -0.25) is 4.79 Å². The Kier molecular flexibility index (Phi) is 5.11. The number of rotatable bonds is 7. The average molecular weight is 273 g/mol. The molecule has 2 N–H and O–H groups in total. The molecule has 6 heteroatoms. The third-order valence-electron chi connectivity index (χ3n) is 2.82. The minimum absolute atomic E-state index is 0.0721. The van der Waals surface area contributed by atoms with Crippen LogP contribution in [0.4, 0.5) is 5.82 Å². The summed E-state index contributed by atoms with van der Waals surface area (Å²) in [6, 6.07) is 3.47. The fourth-order valence-electron chi connectivity index (χ4n) is 1.83. The van der Waals surface area contributed by atoms with Gasteiger partial charge in [0.15, 0.2) is 0 Å². The van der Waals surface area contributed by atoms with Crippen LogP contribution in [0.3, 0.4) is 0 Å². The molecule has 2 rings (SSSR count). The number of imidazole rings is 1. The van der Waals surface area contributed by atoms with E-state index in [1.54, 1.807) is 30.9 Å². The van der Waals surface area contributed by atoms with Gasteiger partial charge in [-0.15, -0.1) is 0 Å². The standard InChI is InChI=1S/C14H19N5O/c1-2-16-13-10-12(4-6-17-13)14(20)18-5-3-8-19-9-7-15-11-19/h4,6-7,9-11H,2-3,5,8H2,1H3,(H,16,17)(H,18,20). The van der Waals surface area contributed by atoms with Gasteiger partial charge >= 0.3 is 0 Å². The molecule has 20 heavy (non-hydrogen) atoms. The average Bonchev–Trinajstić information content (AvgIpc) is 2.97. The van der Waals surface area contributed by atoms with Gasteiger partial charge in [0.05, 0.1) is 6.33 Å². The number of nitrogens with one attached hydrogen (secondary N) is 2. The maximum atomic E-state index is 12.0. The second kappa shape index (κ2) is 7.28. The van der Waals surface area contributed by atoms with Crippen LogP contribution in [0.1, 0.15) is 23.7 Å². The van der Waals surface area contributed by atoms with Crippen LogP contribution in [0.5, 0.6) is 0 Å². The van der Waals surface area contributed by atoms with Gasteiger partial charge in [-0.05, 0) is 25.5 Å². The van der Waals surface area contributed by atoms with Gasteiger partial charge in [0.2, 0.25) is 0 Å². The maximum absolute atomic E-state index is 12.0. The van der Waals surface area contributed by atoms with E-state index >= 15 is 0 Å². The molecule has 2 aromatic heterocycles. The largest absolute Gasteiger partial charge is 0.370 e. The predicted octanol–water partition coefficient (Wildman–Crippen LogP) is 1.53. The molecule has 0 bridgehead atoms. The summed E-state index contributed by atoms with van der Waals surface area (Å²) >= 11 is 0. The topological polar surface area (TPSA) is 71.8 Å². The van der Waals surface area contributed by atoms with Crippen LogP contribution in [0.15, 0.2) is 37.1 Å². The molecule has 0 radical (unpaired) electrons. The van der Waals surface area contributed by atoms with Crippen LogP contribution in [-0.2, 0) is 6.54 Å². The van der Waals surface area contributed by atoms with Crippen molar-refractivity contribution in [2.75, 3.05) is 18.4 Å². The number of pyridine rings is 1. The molecular weight excluding hydrogens is 254 g/mol. The fourth-order valence-corrected chi connectivity index (χ4v) is 1.83. The quantitative estimate of drug-likeness (QED) is 0.750. The third-order valence-corrected chi connectivity index (χ3v) is 2.82. The van der Waals surface area contributed by atoms with E-state index in [1.807, 2.05) is 17.7 Å². The highest BCUT2D eigenvalue weighted by Gasteiger charge is 2.05. The molecule has 0 fully saturated rings. The Morgan fingerprint density at radius 2 is 2.30 bits per heavy atom. The minimum atomic E-state index is -0.0721. The SMILES string of the molecule is CCNc1cc(C(=O)NCCCn2ccnc2)ccn1. The maximum Gasteiger partial charge on any atom is 0.251 e. The van der Waals surface area contributed by atoms with Crippen LogP contribution in [0.25, 0.3) is 0 Å². The van der Waals surface area contributed by atoms with Gasteiger partial charge in [-0.25, -0.2) is 9.97 Å². The van der Waals surface area contributed by atoms with E-state index in [4.69, 9.17) is 0 Å². The van der Waals surface area contributed by atoms with Gasteiger partial charge < -0.3 is 15.2 Å². The molecule has 0 unspecified atom stereocenters. The molecule has 0 saturated carbocycles. The van der Waals surface area contributed by atoms with Crippen molar-refractivity contribution in [1.29, 1.82) is 0 Å². The van der Waals surface area contributed by atoms with Gasteiger partial charge in [0, 0.05) is 43.8 Å². The summed E-state index contributed by atoms with van der Waals surface area (Å²) in [5.41, 5.74) is 0.624. The Morgan fingerprint density at radius 3 is 3.05 bits per heavy atom. The summed E-state index contributed by atoms with van der Waals surface area (Å²) in [4.78, 5) is 20.1. The van der Waals surface area contributed by atoms with Gasteiger partial charge in [0.1, 0.15) is 5.82 Å². The van der Waals surface area contributed by atoms with E-state index in [2.05, 4.69) is 20.6 Å². The highest BCUT2D eigenvalue weighted by atomic mass is 16.1. The van der Waals surface area contributed by atoms with Crippen LogP contribution >= 0.6 is 0 Å². The molecule has 0 saturated heterocycles. The molecule has 6 nitrogen and oxygen atoms in total. The van der Waals surface area contributed by atoms with Crippen LogP contribution < -0.4 is 10.6 Å². The summed E-state index contributed by atoms with van der Waals surface area (Å²) < 4.78 is 1.99. The minimum Gasteiger partial charge on any atom is -0.370 e. The Bertz CT molecular complexity index is 538. The molecule has 0 aliphatic heterocycles. The van der Waals surface area contributed by atoms with E-state index in [-0.39, 0.29) is 5.91 Å². The van der Waals surface area contributed by atoms with E-state index in [1.165, 1.54) is 0 Å². The number of anilines is 1. The molecule has 0 aromatic carbocycles. The molecule has 106 valence electrons. The second-order valence-electron chi connectivity index (χ2n) is 4.37. The lowest BCUT2D eigenvalue weighted by atomic mass is 10.2. The monoisotopic (exact) mass is 273 g/mol. The Labute approximate surface area is 118 Å². The molecule has 0 spiro atoms. The van der Waals surface area contributed by atoms with Crippen molar-refractivity contribution in [2.45, 2.75) is 19.9 Å². The molecular formula is C14H19N5O. The van der Waals surface area contributed by atoms with Crippen LogP contribution in [0.2, 0.25) is 0 Å². The first-order valence-corrected chi connectivity index (χ1v) is 6.73. The fraction of sp³-hybridized carbons (Fsp3) is 0.357. The number of aromatic nitrogens is 3. The van der Waals surface area contributed by atoms with Crippen LogP contribution in [-0.4, -0.2) is 33.5 Å². The van der Waals surface area contributed by atoms with Crippen molar-refractivity contribution in [3.8, 4) is 0 Å². The number of nitrogens with zero attached hydrogens (tertiary/aromatic N) is 3. The molecule has 2 heterocycles. The van der Waals surface area contributed by atoms with Crippen molar-refractivity contribution >= 4 is 11.7 Å². The van der Waals surface area contributed by atoms with Gasteiger partial charge in [0.25, 0.3) is 5.91 Å². The second-order valence-corrected chi connectivity index (χ2v) is 4.37. The first kappa shape index (κ1) is 14.0. The van der Waals surface area contributed by atoms with Crippen molar-refractivity contribution in [2.24, 2.45) is 0 Å². The zero-order valence-electron chi connectivity index (χ0n) is 11.5. The summed E-state index contributed by atoms with van der Waals surface area (Å²) in [5.74, 6) is 0.649. The summed E-state index contributed by atoms with van der Waals surface area (Å²) in [7, 11) is 0. The van der Waals surface area contributed by atoms with Crippen molar-refractivity contribution < 1.29 is 4.79 Å². The van der Waals surface area contributed by atoms with Gasteiger partial charge in [-0.1, -0.05) is 0 Å². The number of amides is 1. The molecule has 2 aromatic rings. The highest BCUT2D eigenvalue weighted by Crippen LogP contribution is 2.06. The number of carbonyl (C=O) groups excluding carboxylic acids is 1. The van der Waals surface area contributed by atoms with E-state index < -0.39 is 0 Å². The molecule has 0 aliphatic carbocycles. The number of hydrogen-bond acceptors (Lipinski definition) is 4. The molecule has 1 amide bonds. The zero-order valence-corrected chi connectivity index (χ0v) is 11.5. The highest BCUT2D eigenvalue weighted by molar-refractivity contribution is 5.94. The summed E-state index contributed by atoms with van der Waals surface area (Å²) in [6.45, 7) is 4.25. The Hall–Kier alpha value is -2.37. The van der Waals surface area contributed by atoms with Crippen molar-refractivity contribution in [1.82, 2.24) is 19.9 Å². The Morgan fingerprint density at radius 1 is 1.40 bits per heavy atom. The lowest BCUT2D eigenvalue weighted by Crippen LogP contribution is -2.25.